The van der Waals surface area contributed by atoms with Gasteiger partial charge in [0.05, 0.1) is 9.70 Å². The van der Waals surface area contributed by atoms with Gasteiger partial charge in [-0.25, -0.2) is 0 Å². The third-order valence-corrected chi connectivity index (χ3v) is 5.31. The number of nitrogens with zero attached hydrogens (tertiary/aromatic N) is 1. The lowest BCUT2D eigenvalue weighted by molar-refractivity contribution is -0.142. The Bertz CT molecular complexity index is 420. The van der Waals surface area contributed by atoms with E-state index in [0.29, 0.717) is 12.6 Å². The zero-order chi connectivity index (χ0) is 12.6. The average Bonchev–Trinajstić information content (AvgIpc) is 2.83. The molecule has 2 heterocycles. The van der Waals surface area contributed by atoms with Crippen LogP contribution in [-0.4, -0.2) is 29.1 Å². The molecule has 0 spiro atoms. The molecule has 1 fully saturated rings. The van der Waals surface area contributed by atoms with Crippen LogP contribution in [0.1, 0.15) is 24.8 Å². The molecule has 3 nitrogen and oxygen atoms in total. The minimum atomic E-state index is -0.667. The number of thiophene rings is 1. The highest BCUT2D eigenvalue weighted by atomic mass is 79.9. The molecular weight excluding hydrogens is 302 g/mol. The molecule has 94 valence electrons. The van der Waals surface area contributed by atoms with Gasteiger partial charge in [-0.15, -0.1) is 11.3 Å². The Labute approximate surface area is 114 Å². The first kappa shape index (κ1) is 13.1. The van der Waals surface area contributed by atoms with E-state index in [1.165, 1.54) is 4.88 Å². The predicted octanol–water partition coefficient (Wildman–Crippen LogP) is 3.22. The lowest BCUT2D eigenvalue weighted by atomic mass is 9.99. The molecule has 1 saturated heterocycles. The Morgan fingerprint density at radius 3 is 2.76 bits per heavy atom. The van der Waals surface area contributed by atoms with Crippen molar-refractivity contribution < 1.29 is 9.90 Å². The Morgan fingerprint density at radius 2 is 2.29 bits per heavy atom. The lowest BCUT2D eigenvalue weighted by Gasteiger charge is -2.23. The Kier molecular flexibility index (Phi) is 3.90. The molecule has 0 radical (unpaired) electrons. The van der Waals surface area contributed by atoms with Crippen molar-refractivity contribution in [3.63, 3.8) is 0 Å². The molecule has 0 saturated carbocycles. The quantitative estimate of drug-likeness (QED) is 0.930. The van der Waals surface area contributed by atoms with Crippen LogP contribution in [0.2, 0.25) is 0 Å². The van der Waals surface area contributed by atoms with E-state index >= 15 is 0 Å². The fourth-order valence-electron chi connectivity index (χ4n) is 2.37. The standard InChI is InChI=1S/C12H16BrNO2S/c1-7-5-14(6-9(7)12(15)16)8(2)10-3-4-11(13)17-10/h3-4,7-9H,5-6H2,1-2H3,(H,15,16). The minimum Gasteiger partial charge on any atom is -0.481 e. The summed E-state index contributed by atoms with van der Waals surface area (Å²) in [4.78, 5) is 14.6. The first-order valence-corrected chi connectivity index (χ1v) is 7.32. The van der Waals surface area contributed by atoms with Gasteiger partial charge in [-0.2, -0.15) is 0 Å². The highest BCUT2D eigenvalue weighted by Crippen LogP contribution is 2.35. The first-order chi connectivity index (χ1) is 7.99. The Hall–Kier alpha value is -0.390. The number of aliphatic carboxylic acids is 1. The lowest BCUT2D eigenvalue weighted by Crippen LogP contribution is -2.25. The minimum absolute atomic E-state index is 0.221. The van der Waals surface area contributed by atoms with Crippen molar-refractivity contribution in [2.24, 2.45) is 11.8 Å². The summed E-state index contributed by atoms with van der Waals surface area (Å²) in [7, 11) is 0. The second kappa shape index (κ2) is 5.08. The van der Waals surface area contributed by atoms with E-state index in [4.69, 9.17) is 5.11 Å². The van der Waals surface area contributed by atoms with Gasteiger partial charge in [0.1, 0.15) is 0 Å². The summed E-state index contributed by atoms with van der Waals surface area (Å²) < 4.78 is 1.13. The number of carboxylic acid groups (broad SMARTS) is 1. The van der Waals surface area contributed by atoms with Crippen molar-refractivity contribution in [2.75, 3.05) is 13.1 Å². The zero-order valence-corrected chi connectivity index (χ0v) is 12.3. The van der Waals surface area contributed by atoms with Crippen molar-refractivity contribution in [2.45, 2.75) is 19.9 Å². The molecule has 5 heteroatoms. The second-order valence-corrected chi connectivity index (χ2v) is 7.19. The van der Waals surface area contributed by atoms with Crippen molar-refractivity contribution in [1.29, 1.82) is 0 Å². The van der Waals surface area contributed by atoms with Crippen LogP contribution < -0.4 is 0 Å². The van der Waals surface area contributed by atoms with E-state index in [2.05, 4.69) is 33.8 Å². The molecule has 1 aromatic heterocycles. The van der Waals surface area contributed by atoms with Crippen LogP contribution in [0.5, 0.6) is 0 Å². The number of likely N-dealkylation sites (tertiary alicyclic amines) is 1. The SMILES string of the molecule is CC1CN(C(C)c2ccc(Br)s2)CC1C(=O)O. The predicted molar refractivity (Wildman–Crippen MR) is 72.3 cm³/mol. The van der Waals surface area contributed by atoms with Gasteiger partial charge in [0.25, 0.3) is 0 Å². The molecule has 0 bridgehead atoms. The molecule has 1 aromatic rings. The maximum Gasteiger partial charge on any atom is 0.308 e. The zero-order valence-electron chi connectivity index (χ0n) is 9.89. The molecule has 3 unspecified atom stereocenters. The van der Waals surface area contributed by atoms with Crippen LogP contribution in [0.25, 0.3) is 0 Å². The molecule has 1 N–H and O–H groups in total. The number of halogens is 1. The number of carboxylic acids is 1. The fourth-order valence-corrected chi connectivity index (χ4v) is 3.88. The van der Waals surface area contributed by atoms with Crippen LogP contribution in [0.15, 0.2) is 15.9 Å². The fraction of sp³-hybridized carbons (Fsp3) is 0.583. The van der Waals surface area contributed by atoms with Crippen molar-refractivity contribution in [1.82, 2.24) is 4.90 Å². The van der Waals surface area contributed by atoms with Gasteiger partial charge >= 0.3 is 5.97 Å². The van der Waals surface area contributed by atoms with Crippen LogP contribution in [0, 0.1) is 11.8 Å². The number of carbonyl (C=O) groups is 1. The Balaban J connectivity index is 2.07. The summed E-state index contributed by atoms with van der Waals surface area (Å²) in [6, 6.07) is 4.46. The molecule has 17 heavy (non-hydrogen) atoms. The molecule has 1 aliphatic rings. The second-order valence-electron chi connectivity index (χ2n) is 4.69. The van der Waals surface area contributed by atoms with Gasteiger partial charge < -0.3 is 5.11 Å². The summed E-state index contributed by atoms with van der Waals surface area (Å²) >= 11 is 5.18. The Morgan fingerprint density at radius 1 is 1.59 bits per heavy atom. The average molecular weight is 318 g/mol. The van der Waals surface area contributed by atoms with Gasteiger partial charge in [-0.05, 0) is 40.9 Å². The van der Waals surface area contributed by atoms with E-state index < -0.39 is 5.97 Å². The van der Waals surface area contributed by atoms with E-state index in [1.54, 1.807) is 11.3 Å². The van der Waals surface area contributed by atoms with Gasteiger partial charge in [0.2, 0.25) is 0 Å². The smallest absolute Gasteiger partial charge is 0.308 e. The van der Waals surface area contributed by atoms with Crippen molar-refractivity contribution in [3.8, 4) is 0 Å². The molecular formula is C12H16BrNO2S. The maximum absolute atomic E-state index is 11.1. The molecule has 2 rings (SSSR count). The van der Waals surface area contributed by atoms with Crippen LogP contribution in [-0.2, 0) is 4.79 Å². The number of hydrogen-bond donors (Lipinski definition) is 1. The van der Waals surface area contributed by atoms with E-state index in [9.17, 15) is 4.79 Å². The topological polar surface area (TPSA) is 40.5 Å². The first-order valence-electron chi connectivity index (χ1n) is 5.71. The van der Waals surface area contributed by atoms with E-state index in [-0.39, 0.29) is 11.8 Å². The van der Waals surface area contributed by atoms with Crippen LogP contribution >= 0.6 is 27.3 Å². The van der Waals surface area contributed by atoms with Crippen LogP contribution in [0.4, 0.5) is 0 Å². The monoisotopic (exact) mass is 317 g/mol. The summed E-state index contributed by atoms with van der Waals surface area (Å²) in [5.41, 5.74) is 0. The summed E-state index contributed by atoms with van der Waals surface area (Å²) in [6.07, 6.45) is 0. The van der Waals surface area contributed by atoms with Crippen LogP contribution in [0.3, 0.4) is 0 Å². The summed E-state index contributed by atoms with van der Waals surface area (Å²) in [5.74, 6) is -0.654. The molecule has 1 aliphatic heterocycles. The van der Waals surface area contributed by atoms with Crippen molar-refractivity contribution >= 4 is 33.2 Å². The molecule has 0 amide bonds. The highest BCUT2D eigenvalue weighted by molar-refractivity contribution is 9.11. The van der Waals surface area contributed by atoms with E-state index in [0.717, 1.165) is 10.3 Å². The molecule has 0 aliphatic carbocycles. The molecule has 3 atom stereocenters. The summed E-state index contributed by atoms with van der Waals surface area (Å²) in [6.45, 7) is 5.70. The van der Waals surface area contributed by atoms with Crippen molar-refractivity contribution in [3.05, 3.63) is 20.8 Å². The largest absolute Gasteiger partial charge is 0.481 e. The highest BCUT2D eigenvalue weighted by Gasteiger charge is 2.37. The third-order valence-electron chi connectivity index (χ3n) is 3.51. The van der Waals surface area contributed by atoms with Gasteiger partial charge in [-0.1, -0.05) is 6.92 Å². The third kappa shape index (κ3) is 2.72. The normalized spacial score (nSPS) is 27.2. The van der Waals surface area contributed by atoms with Gasteiger partial charge in [-0.3, -0.25) is 9.69 Å². The number of hydrogen-bond acceptors (Lipinski definition) is 3. The summed E-state index contributed by atoms with van der Waals surface area (Å²) in [5, 5.41) is 9.13. The van der Waals surface area contributed by atoms with Gasteiger partial charge in [0.15, 0.2) is 0 Å². The maximum atomic E-state index is 11.1. The van der Waals surface area contributed by atoms with Gasteiger partial charge in [0, 0.05) is 24.0 Å². The van der Waals surface area contributed by atoms with E-state index in [1.807, 2.05) is 13.0 Å². The number of rotatable bonds is 3. The molecule has 0 aromatic carbocycles.